The number of ketones is 1. The lowest BCUT2D eigenvalue weighted by Crippen LogP contribution is -2.15. The SMILES string of the molecule is Cn1ccnc1C(=O)COc1ccccc1. The lowest BCUT2D eigenvalue weighted by atomic mass is 10.3. The first-order valence-electron chi connectivity index (χ1n) is 4.96. The molecule has 0 fully saturated rings. The predicted molar refractivity (Wildman–Crippen MR) is 59.5 cm³/mol. The van der Waals surface area contributed by atoms with E-state index in [4.69, 9.17) is 4.74 Å². The third kappa shape index (κ3) is 2.28. The van der Waals surface area contributed by atoms with Crippen molar-refractivity contribution in [2.45, 2.75) is 0 Å². The Bertz CT molecular complexity index is 477. The molecule has 1 aromatic heterocycles. The molecule has 0 aliphatic carbocycles. The van der Waals surface area contributed by atoms with Gasteiger partial charge in [-0.2, -0.15) is 0 Å². The van der Waals surface area contributed by atoms with Gasteiger partial charge in [0, 0.05) is 19.4 Å². The molecule has 0 atom stereocenters. The van der Waals surface area contributed by atoms with E-state index in [2.05, 4.69) is 4.98 Å². The second kappa shape index (κ2) is 4.61. The fourth-order valence-electron chi connectivity index (χ4n) is 1.36. The molecule has 2 aromatic rings. The van der Waals surface area contributed by atoms with Crippen LogP contribution in [0.25, 0.3) is 0 Å². The van der Waals surface area contributed by atoms with E-state index in [0.717, 1.165) is 0 Å². The maximum absolute atomic E-state index is 11.7. The van der Waals surface area contributed by atoms with Crippen LogP contribution in [0.4, 0.5) is 0 Å². The summed E-state index contributed by atoms with van der Waals surface area (Å²) in [6, 6.07) is 9.24. The van der Waals surface area contributed by atoms with Crippen molar-refractivity contribution in [2.24, 2.45) is 7.05 Å². The molecule has 0 spiro atoms. The van der Waals surface area contributed by atoms with Crippen molar-refractivity contribution in [1.82, 2.24) is 9.55 Å². The van der Waals surface area contributed by atoms with Crippen LogP contribution in [0.2, 0.25) is 0 Å². The number of benzene rings is 1. The molecule has 0 saturated heterocycles. The first-order chi connectivity index (χ1) is 7.77. The fourth-order valence-corrected chi connectivity index (χ4v) is 1.36. The van der Waals surface area contributed by atoms with Crippen molar-refractivity contribution in [3.8, 4) is 5.75 Å². The number of aryl methyl sites for hydroxylation is 1. The van der Waals surface area contributed by atoms with Gasteiger partial charge in [0.25, 0.3) is 0 Å². The predicted octanol–water partition coefficient (Wildman–Crippen LogP) is 1.68. The van der Waals surface area contributed by atoms with Crippen LogP contribution >= 0.6 is 0 Å². The minimum Gasteiger partial charge on any atom is -0.485 e. The standard InChI is InChI=1S/C12H12N2O2/c1-14-8-7-13-12(14)11(15)9-16-10-5-3-2-4-6-10/h2-8H,9H2,1H3. The van der Waals surface area contributed by atoms with Gasteiger partial charge in [0.05, 0.1) is 0 Å². The Hall–Kier alpha value is -2.10. The number of aromatic nitrogens is 2. The molecule has 0 amide bonds. The highest BCUT2D eigenvalue weighted by Crippen LogP contribution is 2.08. The maximum atomic E-state index is 11.7. The zero-order chi connectivity index (χ0) is 11.4. The molecule has 16 heavy (non-hydrogen) atoms. The number of para-hydroxylation sites is 1. The highest BCUT2D eigenvalue weighted by molar-refractivity contribution is 5.94. The summed E-state index contributed by atoms with van der Waals surface area (Å²) in [6.45, 7) is 0.00880. The molecule has 82 valence electrons. The van der Waals surface area contributed by atoms with Crippen molar-refractivity contribution < 1.29 is 9.53 Å². The Morgan fingerprint density at radius 1 is 1.38 bits per heavy atom. The molecule has 1 aromatic carbocycles. The maximum Gasteiger partial charge on any atom is 0.235 e. The van der Waals surface area contributed by atoms with Gasteiger partial charge in [-0.05, 0) is 12.1 Å². The largest absolute Gasteiger partial charge is 0.485 e. The number of carbonyl (C=O) groups is 1. The number of hydrogen-bond acceptors (Lipinski definition) is 3. The average molecular weight is 216 g/mol. The van der Waals surface area contributed by atoms with Gasteiger partial charge in [-0.3, -0.25) is 4.79 Å². The number of imidazole rings is 1. The molecule has 4 heteroatoms. The van der Waals surface area contributed by atoms with Crippen LogP contribution in [0.15, 0.2) is 42.7 Å². The van der Waals surface area contributed by atoms with Crippen LogP contribution in [0, 0.1) is 0 Å². The summed E-state index contributed by atoms with van der Waals surface area (Å²) in [6.07, 6.45) is 3.32. The zero-order valence-electron chi connectivity index (χ0n) is 8.96. The average Bonchev–Trinajstić information content (AvgIpc) is 2.74. The number of Topliss-reactive ketones (excluding diaryl/α,β-unsaturated/α-hetero) is 1. The second-order valence-electron chi connectivity index (χ2n) is 3.39. The molecular formula is C12H12N2O2. The van der Waals surface area contributed by atoms with Crippen LogP contribution in [0.5, 0.6) is 5.75 Å². The highest BCUT2D eigenvalue weighted by Gasteiger charge is 2.11. The quantitative estimate of drug-likeness (QED) is 0.730. The van der Waals surface area contributed by atoms with Crippen molar-refractivity contribution >= 4 is 5.78 Å². The van der Waals surface area contributed by atoms with E-state index in [9.17, 15) is 4.79 Å². The van der Waals surface area contributed by atoms with E-state index < -0.39 is 0 Å². The molecule has 0 radical (unpaired) electrons. The van der Waals surface area contributed by atoms with Gasteiger partial charge in [-0.15, -0.1) is 0 Å². The Kier molecular flexibility index (Phi) is 3.00. The summed E-state index contributed by atoms with van der Waals surface area (Å²) >= 11 is 0. The summed E-state index contributed by atoms with van der Waals surface area (Å²) in [5, 5.41) is 0. The summed E-state index contributed by atoms with van der Waals surface area (Å²) in [4.78, 5) is 15.7. The van der Waals surface area contributed by atoms with E-state index in [1.807, 2.05) is 30.3 Å². The van der Waals surface area contributed by atoms with Gasteiger partial charge in [0.2, 0.25) is 5.78 Å². The summed E-state index contributed by atoms with van der Waals surface area (Å²) < 4.78 is 7.02. The topological polar surface area (TPSA) is 44.1 Å². The lowest BCUT2D eigenvalue weighted by Gasteiger charge is -2.04. The van der Waals surface area contributed by atoms with E-state index >= 15 is 0 Å². The number of nitrogens with zero attached hydrogens (tertiary/aromatic N) is 2. The summed E-state index contributed by atoms with van der Waals surface area (Å²) in [5.74, 6) is 0.970. The second-order valence-corrected chi connectivity index (χ2v) is 3.39. The number of hydrogen-bond donors (Lipinski definition) is 0. The van der Waals surface area contributed by atoms with Gasteiger partial charge < -0.3 is 9.30 Å². The lowest BCUT2D eigenvalue weighted by molar-refractivity contribution is 0.0908. The molecule has 0 saturated carbocycles. The van der Waals surface area contributed by atoms with Crippen LogP contribution < -0.4 is 4.74 Å². The number of carbonyl (C=O) groups excluding carboxylic acids is 1. The first kappa shape index (κ1) is 10.4. The summed E-state index contributed by atoms with van der Waals surface area (Å²) in [5.41, 5.74) is 0. The Balaban J connectivity index is 1.97. The molecule has 2 rings (SSSR count). The zero-order valence-corrected chi connectivity index (χ0v) is 8.96. The molecule has 0 bridgehead atoms. The minimum absolute atomic E-state index is 0.00880. The van der Waals surface area contributed by atoms with Crippen molar-refractivity contribution in [1.29, 1.82) is 0 Å². The molecule has 0 unspecified atom stereocenters. The van der Waals surface area contributed by atoms with Crippen LogP contribution in [-0.4, -0.2) is 21.9 Å². The number of rotatable bonds is 4. The van der Waals surface area contributed by atoms with Gasteiger partial charge >= 0.3 is 0 Å². The van der Waals surface area contributed by atoms with Crippen LogP contribution in [-0.2, 0) is 7.05 Å². The van der Waals surface area contributed by atoms with Gasteiger partial charge in [0.15, 0.2) is 12.4 Å². The molecule has 0 aliphatic rings. The van der Waals surface area contributed by atoms with E-state index in [1.165, 1.54) is 0 Å². The van der Waals surface area contributed by atoms with Gasteiger partial charge in [-0.1, -0.05) is 18.2 Å². The fraction of sp³-hybridized carbons (Fsp3) is 0.167. The van der Waals surface area contributed by atoms with Crippen molar-refractivity contribution in [3.63, 3.8) is 0 Å². The molecular weight excluding hydrogens is 204 g/mol. The monoisotopic (exact) mass is 216 g/mol. The molecule has 0 aliphatic heterocycles. The third-order valence-electron chi connectivity index (χ3n) is 2.18. The third-order valence-corrected chi connectivity index (χ3v) is 2.18. The van der Waals surface area contributed by atoms with Crippen molar-refractivity contribution in [2.75, 3.05) is 6.61 Å². The Morgan fingerprint density at radius 3 is 2.75 bits per heavy atom. The molecule has 1 heterocycles. The van der Waals surface area contributed by atoms with Crippen LogP contribution in [0.1, 0.15) is 10.6 Å². The highest BCUT2D eigenvalue weighted by atomic mass is 16.5. The summed E-state index contributed by atoms with van der Waals surface area (Å²) in [7, 11) is 1.78. The first-order valence-corrected chi connectivity index (χ1v) is 4.96. The number of ether oxygens (including phenoxy) is 1. The molecule has 4 nitrogen and oxygen atoms in total. The molecule has 0 N–H and O–H groups in total. The van der Waals surface area contributed by atoms with Gasteiger partial charge in [0.1, 0.15) is 5.75 Å². The minimum atomic E-state index is -0.128. The Morgan fingerprint density at radius 2 is 2.12 bits per heavy atom. The Labute approximate surface area is 93.5 Å². The van der Waals surface area contributed by atoms with Gasteiger partial charge in [-0.25, -0.2) is 4.98 Å². The van der Waals surface area contributed by atoms with E-state index in [1.54, 1.807) is 24.0 Å². The van der Waals surface area contributed by atoms with Crippen molar-refractivity contribution in [3.05, 3.63) is 48.5 Å². The normalized spacial score (nSPS) is 10.1. The van der Waals surface area contributed by atoms with E-state index in [-0.39, 0.29) is 12.4 Å². The smallest absolute Gasteiger partial charge is 0.235 e. The van der Waals surface area contributed by atoms with E-state index in [0.29, 0.717) is 11.6 Å². The van der Waals surface area contributed by atoms with Crippen LogP contribution in [0.3, 0.4) is 0 Å².